The number of benzene rings is 2. The molecule has 5 nitrogen and oxygen atoms in total. The molecule has 1 saturated heterocycles. The molecule has 1 fully saturated rings. The largest absolute Gasteiger partial charge is 0.454 e. The van der Waals surface area contributed by atoms with Crippen LogP contribution in [0.15, 0.2) is 47.3 Å². The lowest BCUT2D eigenvalue weighted by molar-refractivity contribution is 0.129. The predicted octanol–water partition coefficient (Wildman–Crippen LogP) is 5.57. The van der Waals surface area contributed by atoms with Gasteiger partial charge in [0, 0.05) is 25.0 Å². The van der Waals surface area contributed by atoms with E-state index in [0.29, 0.717) is 35.2 Å². The van der Waals surface area contributed by atoms with E-state index in [9.17, 15) is 9.18 Å². The third-order valence-electron chi connectivity index (χ3n) is 6.26. The number of nitrogens with zero attached hydrogens (tertiary/aromatic N) is 3. The Morgan fingerprint density at radius 1 is 1.16 bits per heavy atom. The van der Waals surface area contributed by atoms with E-state index in [2.05, 4.69) is 32.6 Å². The molecule has 3 aromatic rings. The highest BCUT2D eigenvalue weighted by molar-refractivity contribution is 5.79. The molecule has 1 atom stereocenters. The van der Waals surface area contributed by atoms with Crippen LogP contribution in [-0.2, 0) is 6.54 Å². The average Bonchev–Trinajstić information content (AvgIpc) is 2.77. The van der Waals surface area contributed by atoms with Gasteiger partial charge in [0.1, 0.15) is 11.6 Å². The lowest BCUT2D eigenvalue weighted by Gasteiger charge is -2.36. The van der Waals surface area contributed by atoms with Crippen LogP contribution in [0.5, 0.6) is 11.5 Å². The Balaban J connectivity index is 1.71. The summed E-state index contributed by atoms with van der Waals surface area (Å²) in [6.45, 7) is 11.4. The standard InChI is InChI=1S/C26H32FN3O2/c1-17(2)25-28-23-12-11-20(32-24-10-6-5-9-22(24)27)14-21(23)26(31)30(25)16-19-8-7-13-29(15-19)18(3)4/h5-6,9-12,14,17-19H,7-8,13,15-16H2,1-4H3. The first kappa shape index (κ1) is 22.5. The van der Waals surface area contributed by atoms with Crippen LogP contribution >= 0.6 is 0 Å². The van der Waals surface area contributed by atoms with Crippen molar-refractivity contribution in [3.63, 3.8) is 0 Å². The molecular formula is C26H32FN3O2. The third-order valence-corrected chi connectivity index (χ3v) is 6.26. The Bertz CT molecular complexity index is 1160. The van der Waals surface area contributed by atoms with Gasteiger partial charge in [-0.2, -0.15) is 0 Å². The highest BCUT2D eigenvalue weighted by atomic mass is 19.1. The number of rotatable bonds is 6. The zero-order valence-corrected chi connectivity index (χ0v) is 19.3. The zero-order chi connectivity index (χ0) is 22.8. The number of ether oxygens (including phenoxy) is 1. The van der Waals surface area contributed by atoms with E-state index >= 15 is 0 Å². The Morgan fingerprint density at radius 3 is 2.66 bits per heavy atom. The highest BCUT2D eigenvalue weighted by Crippen LogP contribution is 2.27. The maximum Gasteiger partial charge on any atom is 0.261 e. The molecule has 1 aromatic heterocycles. The van der Waals surface area contributed by atoms with E-state index in [1.165, 1.54) is 6.07 Å². The second-order valence-corrected chi connectivity index (χ2v) is 9.35. The van der Waals surface area contributed by atoms with E-state index in [1.807, 2.05) is 4.57 Å². The molecule has 1 unspecified atom stereocenters. The van der Waals surface area contributed by atoms with Crippen LogP contribution in [-0.4, -0.2) is 33.6 Å². The van der Waals surface area contributed by atoms with Gasteiger partial charge in [0.2, 0.25) is 0 Å². The number of para-hydroxylation sites is 1. The lowest BCUT2D eigenvalue weighted by Crippen LogP contribution is -2.42. The fourth-order valence-corrected chi connectivity index (χ4v) is 4.53. The van der Waals surface area contributed by atoms with Crippen molar-refractivity contribution in [2.45, 2.75) is 59.0 Å². The van der Waals surface area contributed by atoms with Crippen molar-refractivity contribution >= 4 is 10.9 Å². The van der Waals surface area contributed by atoms with E-state index in [0.717, 1.165) is 31.8 Å². The molecule has 2 aromatic carbocycles. The number of halogens is 1. The normalized spacial score (nSPS) is 17.4. The number of aromatic nitrogens is 2. The molecule has 1 aliphatic heterocycles. The van der Waals surface area contributed by atoms with Crippen molar-refractivity contribution in [3.8, 4) is 11.5 Å². The molecule has 0 radical (unpaired) electrons. The van der Waals surface area contributed by atoms with Crippen molar-refractivity contribution in [2.75, 3.05) is 13.1 Å². The Kier molecular flexibility index (Phi) is 6.60. The Morgan fingerprint density at radius 2 is 1.94 bits per heavy atom. The molecule has 170 valence electrons. The predicted molar refractivity (Wildman–Crippen MR) is 126 cm³/mol. The number of hydrogen-bond donors (Lipinski definition) is 0. The first-order valence-electron chi connectivity index (χ1n) is 11.5. The van der Waals surface area contributed by atoms with Gasteiger partial charge in [-0.3, -0.25) is 9.36 Å². The second kappa shape index (κ2) is 9.41. The summed E-state index contributed by atoms with van der Waals surface area (Å²) in [7, 11) is 0. The van der Waals surface area contributed by atoms with Gasteiger partial charge in [0.05, 0.1) is 10.9 Å². The molecule has 32 heavy (non-hydrogen) atoms. The zero-order valence-electron chi connectivity index (χ0n) is 19.3. The summed E-state index contributed by atoms with van der Waals surface area (Å²) in [6, 6.07) is 12.0. The first-order chi connectivity index (χ1) is 15.3. The Labute approximate surface area is 188 Å². The maximum atomic E-state index is 14.0. The molecule has 0 saturated carbocycles. The van der Waals surface area contributed by atoms with E-state index in [1.54, 1.807) is 36.4 Å². The van der Waals surface area contributed by atoms with Crippen molar-refractivity contribution in [2.24, 2.45) is 5.92 Å². The quantitative estimate of drug-likeness (QED) is 0.506. The maximum absolute atomic E-state index is 14.0. The number of piperidine rings is 1. The molecule has 0 N–H and O–H groups in total. The van der Waals surface area contributed by atoms with Gasteiger partial charge in [0.25, 0.3) is 5.56 Å². The summed E-state index contributed by atoms with van der Waals surface area (Å²) in [6.07, 6.45) is 2.26. The van der Waals surface area contributed by atoms with Crippen LogP contribution < -0.4 is 10.3 Å². The van der Waals surface area contributed by atoms with Gasteiger partial charge in [-0.1, -0.05) is 26.0 Å². The second-order valence-electron chi connectivity index (χ2n) is 9.35. The monoisotopic (exact) mass is 437 g/mol. The minimum atomic E-state index is -0.440. The number of fused-ring (bicyclic) bond motifs is 1. The molecule has 0 bridgehead atoms. The lowest BCUT2D eigenvalue weighted by atomic mass is 9.96. The van der Waals surface area contributed by atoms with Crippen molar-refractivity contribution in [1.29, 1.82) is 0 Å². The van der Waals surface area contributed by atoms with Crippen LogP contribution in [0.3, 0.4) is 0 Å². The van der Waals surface area contributed by atoms with Gasteiger partial charge in [-0.05, 0) is 69.5 Å². The summed E-state index contributed by atoms with van der Waals surface area (Å²) < 4.78 is 21.6. The van der Waals surface area contributed by atoms with Gasteiger partial charge < -0.3 is 9.64 Å². The number of hydrogen-bond acceptors (Lipinski definition) is 4. The SMILES string of the molecule is CC(C)c1nc2ccc(Oc3ccccc3F)cc2c(=O)n1CC1CCCN(C(C)C)C1. The summed E-state index contributed by atoms with van der Waals surface area (Å²) in [5, 5.41) is 0.500. The molecular weight excluding hydrogens is 405 g/mol. The molecule has 2 heterocycles. The summed E-state index contributed by atoms with van der Waals surface area (Å²) in [5.41, 5.74) is 0.586. The van der Waals surface area contributed by atoms with Crippen LogP contribution in [0, 0.1) is 11.7 Å². The minimum absolute atomic E-state index is 0.0562. The number of likely N-dealkylation sites (tertiary alicyclic amines) is 1. The highest BCUT2D eigenvalue weighted by Gasteiger charge is 2.24. The summed E-state index contributed by atoms with van der Waals surface area (Å²) in [4.78, 5) is 20.9. The van der Waals surface area contributed by atoms with Crippen LogP contribution in [0.4, 0.5) is 4.39 Å². The van der Waals surface area contributed by atoms with Crippen molar-refractivity contribution in [3.05, 3.63) is 64.5 Å². The van der Waals surface area contributed by atoms with Gasteiger partial charge in [-0.25, -0.2) is 9.37 Å². The third kappa shape index (κ3) is 4.70. The van der Waals surface area contributed by atoms with Crippen LogP contribution in [0.25, 0.3) is 10.9 Å². The van der Waals surface area contributed by atoms with Crippen molar-refractivity contribution < 1.29 is 9.13 Å². The summed E-state index contributed by atoms with van der Waals surface area (Å²) >= 11 is 0. The minimum Gasteiger partial charge on any atom is -0.454 e. The van der Waals surface area contributed by atoms with Crippen LogP contribution in [0.1, 0.15) is 52.3 Å². The van der Waals surface area contributed by atoms with E-state index in [-0.39, 0.29) is 17.2 Å². The Hall–Kier alpha value is -2.73. The van der Waals surface area contributed by atoms with E-state index < -0.39 is 5.82 Å². The van der Waals surface area contributed by atoms with Crippen LogP contribution in [0.2, 0.25) is 0 Å². The van der Waals surface area contributed by atoms with Gasteiger partial charge in [0.15, 0.2) is 11.6 Å². The van der Waals surface area contributed by atoms with Gasteiger partial charge in [-0.15, -0.1) is 0 Å². The fourth-order valence-electron chi connectivity index (χ4n) is 4.53. The van der Waals surface area contributed by atoms with Gasteiger partial charge >= 0.3 is 0 Å². The average molecular weight is 438 g/mol. The molecule has 0 aliphatic carbocycles. The molecule has 0 amide bonds. The molecule has 6 heteroatoms. The topological polar surface area (TPSA) is 47.4 Å². The first-order valence-corrected chi connectivity index (χ1v) is 11.5. The molecule has 0 spiro atoms. The summed E-state index contributed by atoms with van der Waals surface area (Å²) in [5.74, 6) is 1.48. The smallest absolute Gasteiger partial charge is 0.261 e. The van der Waals surface area contributed by atoms with Crippen molar-refractivity contribution in [1.82, 2.24) is 14.5 Å². The fraction of sp³-hybridized carbons (Fsp3) is 0.462. The van der Waals surface area contributed by atoms with E-state index in [4.69, 9.17) is 9.72 Å². The molecule has 1 aliphatic rings. The molecule has 4 rings (SSSR count).